The summed E-state index contributed by atoms with van der Waals surface area (Å²) >= 11 is 5.63. The second kappa shape index (κ2) is 6.97. The molecule has 0 radical (unpaired) electrons. The third-order valence-corrected chi connectivity index (χ3v) is 4.36. The van der Waals surface area contributed by atoms with Crippen molar-refractivity contribution in [2.75, 3.05) is 23.4 Å². The van der Waals surface area contributed by atoms with Crippen LogP contribution in [0.5, 0.6) is 0 Å². The number of carbonyl (C=O) groups is 1. The number of halogens is 2. The van der Waals surface area contributed by atoms with Gasteiger partial charge >= 0.3 is 0 Å². The minimum atomic E-state index is -3.25. The summed E-state index contributed by atoms with van der Waals surface area (Å²) < 4.78 is 35.7. The van der Waals surface area contributed by atoms with Crippen molar-refractivity contribution in [1.29, 1.82) is 0 Å². The lowest BCUT2D eigenvalue weighted by Crippen LogP contribution is -2.21. The molecule has 0 heterocycles. The van der Waals surface area contributed by atoms with Crippen LogP contribution in [-0.2, 0) is 14.6 Å². The van der Waals surface area contributed by atoms with Gasteiger partial charge in [0.2, 0.25) is 5.91 Å². The van der Waals surface area contributed by atoms with Gasteiger partial charge in [-0.15, -0.1) is 0 Å². The van der Waals surface area contributed by atoms with Gasteiger partial charge in [0.25, 0.3) is 0 Å². The fraction of sp³-hybridized carbons (Fsp3) is 0.133. The van der Waals surface area contributed by atoms with E-state index in [9.17, 15) is 17.6 Å². The van der Waals surface area contributed by atoms with Crippen LogP contribution in [0, 0.1) is 5.82 Å². The number of hydrogen-bond acceptors (Lipinski definition) is 4. The Morgan fingerprint density at radius 1 is 1.13 bits per heavy atom. The Hall–Kier alpha value is -2.12. The Morgan fingerprint density at radius 2 is 1.74 bits per heavy atom. The zero-order valence-electron chi connectivity index (χ0n) is 12.1. The van der Waals surface area contributed by atoms with Crippen LogP contribution in [0.3, 0.4) is 0 Å². The first-order valence-corrected chi connectivity index (χ1v) is 8.81. The first-order valence-electron chi connectivity index (χ1n) is 6.54. The van der Waals surface area contributed by atoms with Crippen molar-refractivity contribution >= 4 is 38.7 Å². The van der Waals surface area contributed by atoms with E-state index in [1.54, 1.807) is 12.1 Å². The van der Waals surface area contributed by atoms with E-state index in [1.807, 2.05) is 0 Å². The Morgan fingerprint density at radius 3 is 2.30 bits per heavy atom. The lowest BCUT2D eigenvalue weighted by Gasteiger charge is -2.09. The zero-order chi connectivity index (χ0) is 17.0. The number of nitrogens with one attached hydrogen (secondary N) is 2. The van der Waals surface area contributed by atoms with Gasteiger partial charge in [-0.1, -0.05) is 11.6 Å². The van der Waals surface area contributed by atoms with Gasteiger partial charge in [-0.2, -0.15) is 0 Å². The van der Waals surface area contributed by atoms with Crippen LogP contribution in [0.2, 0.25) is 5.02 Å². The van der Waals surface area contributed by atoms with E-state index in [0.717, 1.165) is 12.3 Å². The minimum absolute atomic E-state index is 0.0345. The first-order chi connectivity index (χ1) is 10.8. The summed E-state index contributed by atoms with van der Waals surface area (Å²) in [5, 5.41) is 5.35. The monoisotopic (exact) mass is 356 g/mol. The fourth-order valence-corrected chi connectivity index (χ4v) is 2.59. The summed E-state index contributed by atoms with van der Waals surface area (Å²) in [5.74, 6) is -0.909. The average Bonchev–Trinajstić information content (AvgIpc) is 2.48. The maximum Gasteiger partial charge on any atom is 0.243 e. The van der Waals surface area contributed by atoms with Crippen molar-refractivity contribution in [2.45, 2.75) is 4.90 Å². The predicted molar refractivity (Wildman–Crippen MR) is 88.1 cm³/mol. The van der Waals surface area contributed by atoms with Crippen LogP contribution in [0.4, 0.5) is 15.8 Å². The largest absolute Gasteiger partial charge is 0.376 e. The molecular weight excluding hydrogens is 343 g/mol. The highest BCUT2D eigenvalue weighted by atomic mass is 35.5. The maximum absolute atomic E-state index is 13.0. The van der Waals surface area contributed by atoms with Gasteiger partial charge in [-0.3, -0.25) is 4.79 Å². The molecule has 0 atom stereocenters. The number of sulfone groups is 1. The molecule has 0 unspecified atom stereocenters. The van der Waals surface area contributed by atoms with Crippen LogP contribution >= 0.6 is 11.6 Å². The van der Waals surface area contributed by atoms with Gasteiger partial charge in [0, 0.05) is 17.6 Å². The zero-order valence-corrected chi connectivity index (χ0v) is 13.7. The quantitative estimate of drug-likeness (QED) is 0.863. The predicted octanol–water partition coefficient (Wildman–Crippen LogP) is 2.93. The smallest absolute Gasteiger partial charge is 0.243 e. The molecule has 2 aromatic rings. The second-order valence-corrected chi connectivity index (χ2v) is 7.25. The number of amides is 1. The van der Waals surface area contributed by atoms with Gasteiger partial charge in [0.15, 0.2) is 9.84 Å². The first kappa shape index (κ1) is 17.2. The third-order valence-electron chi connectivity index (χ3n) is 2.94. The van der Waals surface area contributed by atoms with Gasteiger partial charge in [-0.25, -0.2) is 12.8 Å². The van der Waals surface area contributed by atoms with Gasteiger partial charge in [-0.05, 0) is 42.5 Å². The molecule has 2 rings (SSSR count). The molecule has 122 valence electrons. The highest BCUT2D eigenvalue weighted by Gasteiger charge is 2.08. The third kappa shape index (κ3) is 4.94. The van der Waals surface area contributed by atoms with Crippen LogP contribution in [0.1, 0.15) is 0 Å². The van der Waals surface area contributed by atoms with Crippen LogP contribution in [0.15, 0.2) is 47.4 Å². The molecule has 0 bridgehead atoms. The molecule has 5 nitrogen and oxygen atoms in total. The molecule has 0 aliphatic rings. The van der Waals surface area contributed by atoms with Crippen LogP contribution in [-0.4, -0.2) is 27.1 Å². The van der Waals surface area contributed by atoms with Crippen molar-refractivity contribution in [3.05, 3.63) is 53.3 Å². The van der Waals surface area contributed by atoms with E-state index in [1.165, 1.54) is 24.3 Å². The summed E-state index contributed by atoms with van der Waals surface area (Å²) in [5.41, 5.74) is 0.986. The minimum Gasteiger partial charge on any atom is -0.376 e. The molecule has 0 saturated carbocycles. The van der Waals surface area contributed by atoms with Crippen molar-refractivity contribution in [2.24, 2.45) is 0 Å². The van der Waals surface area contributed by atoms with Crippen LogP contribution in [0.25, 0.3) is 0 Å². The van der Waals surface area contributed by atoms with Crippen molar-refractivity contribution in [1.82, 2.24) is 0 Å². The molecule has 0 fully saturated rings. The number of benzene rings is 2. The normalized spacial score (nSPS) is 11.1. The average molecular weight is 357 g/mol. The van der Waals surface area contributed by atoms with Gasteiger partial charge in [0.05, 0.1) is 16.5 Å². The summed E-state index contributed by atoms with van der Waals surface area (Å²) in [7, 11) is -3.25. The topological polar surface area (TPSA) is 75.3 Å². The molecule has 0 spiro atoms. The molecule has 2 N–H and O–H groups in total. The standard InChI is InChI=1S/C15H14ClFN2O3S/c1-23(21,22)12-5-2-10(3-6-12)18-9-15(20)19-11-4-7-14(17)13(16)8-11/h2-8,18H,9H2,1H3,(H,19,20). The van der Waals surface area contributed by atoms with E-state index in [2.05, 4.69) is 10.6 Å². The molecule has 23 heavy (non-hydrogen) atoms. The van der Waals surface area contributed by atoms with Crippen molar-refractivity contribution in [3.63, 3.8) is 0 Å². The summed E-state index contributed by atoms with van der Waals surface area (Å²) in [6.07, 6.45) is 1.12. The fourth-order valence-electron chi connectivity index (χ4n) is 1.78. The van der Waals surface area contributed by atoms with E-state index in [-0.39, 0.29) is 22.4 Å². The second-order valence-electron chi connectivity index (χ2n) is 4.83. The van der Waals surface area contributed by atoms with Gasteiger partial charge in [0.1, 0.15) is 5.82 Å². The van der Waals surface area contributed by atoms with E-state index in [0.29, 0.717) is 11.4 Å². The number of carbonyl (C=O) groups excluding carboxylic acids is 1. The lowest BCUT2D eigenvalue weighted by atomic mass is 10.3. The Balaban J connectivity index is 1.92. The highest BCUT2D eigenvalue weighted by molar-refractivity contribution is 7.90. The van der Waals surface area contributed by atoms with E-state index in [4.69, 9.17) is 11.6 Å². The molecule has 8 heteroatoms. The molecule has 1 amide bonds. The lowest BCUT2D eigenvalue weighted by molar-refractivity contribution is -0.114. The number of anilines is 2. The SMILES string of the molecule is CS(=O)(=O)c1ccc(NCC(=O)Nc2ccc(F)c(Cl)c2)cc1. The molecule has 0 aromatic heterocycles. The number of hydrogen-bond donors (Lipinski definition) is 2. The molecular formula is C15H14ClFN2O3S. The molecule has 0 aliphatic heterocycles. The summed E-state index contributed by atoms with van der Waals surface area (Å²) in [4.78, 5) is 12.0. The molecule has 0 saturated heterocycles. The maximum atomic E-state index is 13.0. The Labute approximate surface area is 138 Å². The summed E-state index contributed by atoms with van der Waals surface area (Å²) in [6, 6.07) is 9.92. The Kier molecular flexibility index (Phi) is 5.23. The van der Waals surface area contributed by atoms with Gasteiger partial charge < -0.3 is 10.6 Å². The molecule has 2 aromatic carbocycles. The van der Waals surface area contributed by atoms with E-state index < -0.39 is 15.7 Å². The van der Waals surface area contributed by atoms with Crippen molar-refractivity contribution in [3.8, 4) is 0 Å². The molecule has 0 aliphatic carbocycles. The highest BCUT2D eigenvalue weighted by Crippen LogP contribution is 2.19. The number of rotatable bonds is 5. The van der Waals surface area contributed by atoms with Crippen LogP contribution < -0.4 is 10.6 Å². The Bertz CT molecular complexity index is 823. The summed E-state index contributed by atoms with van der Waals surface area (Å²) in [6.45, 7) is -0.0345. The van der Waals surface area contributed by atoms with Crippen molar-refractivity contribution < 1.29 is 17.6 Å². The van der Waals surface area contributed by atoms with E-state index >= 15 is 0 Å².